The van der Waals surface area contributed by atoms with Crippen LogP contribution in [0.4, 0.5) is 5.69 Å². The number of nitrogen functional groups attached to an aromatic ring is 1. The van der Waals surface area contributed by atoms with Crippen LogP contribution in [-0.2, 0) is 0 Å². The summed E-state index contributed by atoms with van der Waals surface area (Å²) >= 11 is 0. The van der Waals surface area contributed by atoms with Gasteiger partial charge in [-0.15, -0.1) is 0 Å². The maximum atomic E-state index is 6.05. The normalized spacial score (nSPS) is 12.5. The van der Waals surface area contributed by atoms with Gasteiger partial charge in [-0.25, -0.2) is 0 Å². The summed E-state index contributed by atoms with van der Waals surface area (Å²) in [5.74, 6) is 2.04. The summed E-state index contributed by atoms with van der Waals surface area (Å²) in [7, 11) is 0. The first-order valence-electron chi connectivity index (χ1n) is 6.72. The van der Waals surface area contributed by atoms with Crippen LogP contribution in [-0.4, -0.2) is 12.7 Å². The summed E-state index contributed by atoms with van der Waals surface area (Å²) in [4.78, 5) is 0. The summed E-state index contributed by atoms with van der Waals surface area (Å²) in [5, 5.41) is 0. The molecule has 0 heterocycles. The summed E-state index contributed by atoms with van der Waals surface area (Å²) in [5.41, 5.74) is 6.65. The Kier molecular flexibility index (Phi) is 5.83. The first-order valence-corrected chi connectivity index (χ1v) is 6.72. The zero-order valence-corrected chi connectivity index (χ0v) is 11.9. The summed E-state index contributed by atoms with van der Waals surface area (Å²) in [6.45, 7) is 9.18. The molecule has 0 saturated carbocycles. The number of hydrogen-bond donors (Lipinski definition) is 1. The number of rotatable bonds is 7. The largest absolute Gasteiger partial charge is 0.491 e. The molecule has 0 bridgehead atoms. The second-order valence-corrected chi connectivity index (χ2v) is 5.07. The second-order valence-electron chi connectivity index (χ2n) is 5.07. The highest BCUT2D eigenvalue weighted by molar-refractivity contribution is 5.62. The lowest BCUT2D eigenvalue weighted by molar-refractivity contribution is 0.193. The highest BCUT2D eigenvalue weighted by atomic mass is 16.5. The Balaban J connectivity index is 2.70. The molecule has 0 spiro atoms. The van der Waals surface area contributed by atoms with Crippen LogP contribution in [0.15, 0.2) is 18.2 Å². The van der Waals surface area contributed by atoms with E-state index in [-0.39, 0.29) is 6.10 Å². The Morgan fingerprint density at radius 3 is 2.44 bits per heavy atom. The van der Waals surface area contributed by atoms with Crippen LogP contribution in [0, 0.1) is 5.92 Å². The van der Waals surface area contributed by atoms with E-state index in [4.69, 9.17) is 15.2 Å². The first kappa shape index (κ1) is 14.7. The Bertz CT molecular complexity index is 364. The Hall–Kier alpha value is -1.38. The number of anilines is 1. The zero-order valence-electron chi connectivity index (χ0n) is 11.9. The molecule has 0 amide bonds. The van der Waals surface area contributed by atoms with Gasteiger partial charge in [0.1, 0.15) is 17.2 Å². The van der Waals surface area contributed by atoms with Crippen molar-refractivity contribution in [1.29, 1.82) is 0 Å². The van der Waals surface area contributed by atoms with Crippen LogP contribution in [0.3, 0.4) is 0 Å². The van der Waals surface area contributed by atoms with Gasteiger partial charge in [0.25, 0.3) is 0 Å². The van der Waals surface area contributed by atoms with Gasteiger partial charge in [-0.2, -0.15) is 0 Å². The smallest absolute Gasteiger partial charge is 0.146 e. The molecular formula is C15H25NO2. The number of nitrogens with two attached hydrogens (primary N) is 1. The van der Waals surface area contributed by atoms with Crippen LogP contribution in [0.5, 0.6) is 11.5 Å². The standard InChI is InChI=1S/C15H25NO2/c1-5-9-17-13-7-6-8-14(15(13)16)18-12(4)10-11(2)3/h6-8,11-12H,5,9-10,16H2,1-4H3. The zero-order chi connectivity index (χ0) is 13.5. The molecule has 3 heteroatoms. The van der Waals surface area contributed by atoms with E-state index >= 15 is 0 Å². The Labute approximate surface area is 110 Å². The van der Waals surface area contributed by atoms with Crippen molar-refractivity contribution in [2.45, 2.75) is 46.6 Å². The molecular weight excluding hydrogens is 226 g/mol. The third-order valence-corrected chi connectivity index (χ3v) is 2.62. The number of ether oxygens (including phenoxy) is 2. The summed E-state index contributed by atoms with van der Waals surface area (Å²) in [6.07, 6.45) is 2.14. The fraction of sp³-hybridized carbons (Fsp3) is 0.600. The lowest BCUT2D eigenvalue weighted by atomic mass is 10.1. The minimum absolute atomic E-state index is 0.161. The van der Waals surface area contributed by atoms with Crippen LogP contribution < -0.4 is 15.2 Å². The van der Waals surface area contributed by atoms with Gasteiger partial charge >= 0.3 is 0 Å². The van der Waals surface area contributed by atoms with Crippen LogP contribution in [0.1, 0.15) is 40.5 Å². The minimum Gasteiger partial charge on any atom is -0.491 e. The molecule has 18 heavy (non-hydrogen) atoms. The van der Waals surface area contributed by atoms with E-state index in [0.717, 1.165) is 18.6 Å². The van der Waals surface area contributed by atoms with Crippen molar-refractivity contribution in [2.24, 2.45) is 5.92 Å². The average molecular weight is 251 g/mol. The summed E-state index contributed by atoms with van der Waals surface area (Å²) in [6, 6.07) is 5.69. The van der Waals surface area contributed by atoms with Crippen molar-refractivity contribution in [3.8, 4) is 11.5 Å². The molecule has 0 saturated heterocycles. The molecule has 1 unspecified atom stereocenters. The lowest BCUT2D eigenvalue weighted by Crippen LogP contribution is -2.15. The number of benzene rings is 1. The highest BCUT2D eigenvalue weighted by Crippen LogP contribution is 2.32. The molecule has 1 atom stereocenters. The van der Waals surface area contributed by atoms with E-state index in [1.807, 2.05) is 18.2 Å². The van der Waals surface area contributed by atoms with Gasteiger partial charge in [-0.3, -0.25) is 0 Å². The third kappa shape index (κ3) is 4.47. The highest BCUT2D eigenvalue weighted by Gasteiger charge is 2.11. The van der Waals surface area contributed by atoms with Gasteiger partial charge in [0.2, 0.25) is 0 Å². The molecule has 1 aromatic rings. The van der Waals surface area contributed by atoms with Crippen molar-refractivity contribution in [2.75, 3.05) is 12.3 Å². The van der Waals surface area contributed by atoms with Gasteiger partial charge in [-0.05, 0) is 37.8 Å². The molecule has 0 aliphatic carbocycles. The van der Waals surface area contributed by atoms with Crippen LogP contribution in [0.2, 0.25) is 0 Å². The van der Waals surface area contributed by atoms with E-state index < -0.39 is 0 Å². The van der Waals surface area contributed by atoms with E-state index in [0.29, 0.717) is 24.0 Å². The quantitative estimate of drug-likeness (QED) is 0.748. The minimum atomic E-state index is 0.161. The molecule has 0 fully saturated rings. The fourth-order valence-electron chi connectivity index (χ4n) is 1.89. The molecule has 0 aliphatic heterocycles. The predicted octanol–water partition coefficient (Wildman–Crippen LogP) is 3.87. The SMILES string of the molecule is CCCOc1cccc(OC(C)CC(C)C)c1N. The maximum absolute atomic E-state index is 6.05. The topological polar surface area (TPSA) is 44.5 Å². The van der Waals surface area contributed by atoms with Gasteiger partial charge in [0, 0.05) is 0 Å². The number of para-hydroxylation sites is 1. The molecule has 0 radical (unpaired) electrons. The first-order chi connectivity index (χ1) is 8.54. The van der Waals surface area contributed by atoms with E-state index in [2.05, 4.69) is 27.7 Å². The van der Waals surface area contributed by atoms with Crippen molar-refractivity contribution in [3.63, 3.8) is 0 Å². The van der Waals surface area contributed by atoms with Gasteiger partial charge in [0.05, 0.1) is 12.7 Å². The van der Waals surface area contributed by atoms with E-state index in [1.54, 1.807) is 0 Å². The molecule has 0 aliphatic rings. The molecule has 1 rings (SSSR count). The van der Waals surface area contributed by atoms with Crippen molar-refractivity contribution in [1.82, 2.24) is 0 Å². The van der Waals surface area contributed by atoms with Crippen molar-refractivity contribution < 1.29 is 9.47 Å². The monoisotopic (exact) mass is 251 g/mol. The number of hydrogen-bond acceptors (Lipinski definition) is 3. The van der Waals surface area contributed by atoms with Crippen LogP contribution in [0.25, 0.3) is 0 Å². The van der Waals surface area contributed by atoms with Gasteiger partial charge in [-0.1, -0.05) is 26.8 Å². The predicted molar refractivity (Wildman–Crippen MR) is 76.2 cm³/mol. The van der Waals surface area contributed by atoms with Crippen molar-refractivity contribution >= 4 is 5.69 Å². The van der Waals surface area contributed by atoms with Gasteiger partial charge < -0.3 is 15.2 Å². The molecule has 1 aromatic carbocycles. The average Bonchev–Trinajstić information content (AvgIpc) is 2.29. The lowest BCUT2D eigenvalue weighted by Gasteiger charge is -2.19. The Morgan fingerprint density at radius 1 is 1.17 bits per heavy atom. The maximum Gasteiger partial charge on any atom is 0.146 e. The molecule has 102 valence electrons. The van der Waals surface area contributed by atoms with E-state index in [1.165, 1.54) is 0 Å². The molecule has 2 N–H and O–H groups in total. The molecule has 3 nitrogen and oxygen atoms in total. The van der Waals surface area contributed by atoms with E-state index in [9.17, 15) is 0 Å². The second kappa shape index (κ2) is 7.14. The van der Waals surface area contributed by atoms with Crippen LogP contribution >= 0.6 is 0 Å². The third-order valence-electron chi connectivity index (χ3n) is 2.62. The van der Waals surface area contributed by atoms with Crippen molar-refractivity contribution in [3.05, 3.63) is 18.2 Å². The summed E-state index contributed by atoms with van der Waals surface area (Å²) < 4.78 is 11.5. The Morgan fingerprint density at radius 2 is 1.83 bits per heavy atom. The fourth-order valence-corrected chi connectivity index (χ4v) is 1.89. The molecule has 0 aromatic heterocycles. The van der Waals surface area contributed by atoms with Gasteiger partial charge in [0.15, 0.2) is 0 Å².